The highest BCUT2D eigenvalue weighted by Crippen LogP contribution is 2.30. The molecule has 0 amide bonds. The minimum atomic E-state index is -0.137. The first-order valence-electron chi connectivity index (χ1n) is 11.2. The van der Waals surface area contributed by atoms with E-state index in [2.05, 4.69) is 40.0 Å². The van der Waals surface area contributed by atoms with Gasteiger partial charge in [-0.15, -0.1) is 0 Å². The maximum absolute atomic E-state index is 13.0. The van der Waals surface area contributed by atoms with Crippen molar-refractivity contribution in [3.8, 4) is 0 Å². The highest BCUT2D eigenvalue weighted by atomic mass is 16.1. The molecule has 162 valence electrons. The molecule has 1 aromatic heterocycles. The monoisotopic (exact) mass is 440 g/mol. The number of fused-ring (bicyclic) bond motifs is 3. The van der Waals surface area contributed by atoms with Crippen molar-refractivity contribution < 1.29 is 9.59 Å². The van der Waals surface area contributed by atoms with Crippen molar-refractivity contribution in [2.45, 2.75) is 6.54 Å². The smallest absolute Gasteiger partial charge is 0.194 e. The van der Waals surface area contributed by atoms with E-state index < -0.39 is 0 Å². The summed E-state index contributed by atoms with van der Waals surface area (Å²) in [6, 6.07) is 30.8. The fraction of sp³-hybridized carbons (Fsp3) is 0.0333. The summed E-state index contributed by atoms with van der Waals surface area (Å²) < 4.78 is 2.22. The second-order valence-electron chi connectivity index (χ2n) is 8.41. The first-order chi connectivity index (χ1) is 16.7. The van der Waals surface area contributed by atoms with Crippen molar-refractivity contribution in [1.82, 2.24) is 4.57 Å². The van der Waals surface area contributed by atoms with Gasteiger partial charge in [0.25, 0.3) is 0 Å². The molecular weight excluding hydrogens is 420 g/mol. The quantitative estimate of drug-likeness (QED) is 0.306. The van der Waals surface area contributed by atoms with Crippen molar-refractivity contribution >= 4 is 34.4 Å². The van der Waals surface area contributed by atoms with E-state index in [9.17, 15) is 9.59 Å². The van der Waals surface area contributed by atoms with Crippen LogP contribution in [0.5, 0.6) is 0 Å². The first-order valence-corrected chi connectivity index (χ1v) is 11.2. The molecule has 5 aromatic rings. The van der Waals surface area contributed by atoms with Crippen LogP contribution in [0.4, 0.5) is 5.69 Å². The first kappa shape index (κ1) is 20.1. The molecule has 0 aliphatic heterocycles. The second-order valence-corrected chi connectivity index (χ2v) is 8.41. The van der Waals surface area contributed by atoms with Crippen molar-refractivity contribution in [2.24, 2.45) is 4.99 Å². The summed E-state index contributed by atoms with van der Waals surface area (Å²) in [5, 5.41) is 1.11. The highest BCUT2D eigenvalue weighted by molar-refractivity contribution is 6.28. The van der Waals surface area contributed by atoms with Crippen LogP contribution in [0.25, 0.3) is 10.9 Å². The largest absolute Gasteiger partial charge is 0.342 e. The number of rotatable bonds is 4. The van der Waals surface area contributed by atoms with Crippen LogP contribution in [0.3, 0.4) is 0 Å². The summed E-state index contributed by atoms with van der Waals surface area (Å²) in [6.07, 6.45) is 3.93. The third-order valence-electron chi connectivity index (χ3n) is 6.28. The van der Waals surface area contributed by atoms with E-state index in [4.69, 9.17) is 0 Å². The Kier molecular flexibility index (Phi) is 4.77. The summed E-state index contributed by atoms with van der Waals surface area (Å²) in [6.45, 7) is 0.768. The van der Waals surface area contributed by atoms with Gasteiger partial charge in [0.05, 0.1) is 5.69 Å². The molecule has 0 saturated carbocycles. The predicted molar refractivity (Wildman–Crippen MR) is 134 cm³/mol. The number of benzene rings is 4. The third-order valence-corrected chi connectivity index (χ3v) is 6.28. The van der Waals surface area contributed by atoms with Crippen molar-refractivity contribution in [3.63, 3.8) is 0 Å². The van der Waals surface area contributed by atoms with Gasteiger partial charge >= 0.3 is 0 Å². The van der Waals surface area contributed by atoms with Crippen LogP contribution in [-0.2, 0) is 6.54 Å². The lowest BCUT2D eigenvalue weighted by atomic mass is 9.84. The average Bonchev–Trinajstić information content (AvgIpc) is 3.24. The molecule has 6 rings (SSSR count). The molecule has 0 saturated heterocycles. The summed E-state index contributed by atoms with van der Waals surface area (Å²) in [5.41, 5.74) is 5.75. The van der Waals surface area contributed by atoms with E-state index >= 15 is 0 Å². The van der Waals surface area contributed by atoms with Gasteiger partial charge in [-0.2, -0.15) is 0 Å². The molecule has 0 spiro atoms. The van der Waals surface area contributed by atoms with Crippen LogP contribution in [0.15, 0.2) is 108 Å². The zero-order valence-corrected chi connectivity index (χ0v) is 18.3. The van der Waals surface area contributed by atoms with Crippen molar-refractivity contribution in [1.29, 1.82) is 0 Å². The number of hydrogen-bond donors (Lipinski definition) is 0. The number of nitrogens with zero attached hydrogens (tertiary/aromatic N) is 2. The molecule has 1 aliphatic carbocycles. The Morgan fingerprint density at radius 3 is 2.12 bits per heavy atom. The molecule has 4 nitrogen and oxygen atoms in total. The lowest BCUT2D eigenvalue weighted by Crippen LogP contribution is -2.20. The number of ketones is 2. The highest BCUT2D eigenvalue weighted by Gasteiger charge is 2.29. The van der Waals surface area contributed by atoms with Gasteiger partial charge in [-0.3, -0.25) is 14.6 Å². The maximum Gasteiger partial charge on any atom is 0.194 e. The Bertz CT molecular complexity index is 1610. The van der Waals surface area contributed by atoms with E-state index in [0.29, 0.717) is 27.9 Å². The van der Waals surface area contributed by atoms with Crippen LogP contribution < -0.4 is 0 Å². The second kappa shape index (κ2) is 8.09. The molecule has 0 unspecified atom stereocenters. The van der Waals surface area contributed by atoms with Gasteiger partial charge in [0.2, 0.25) is 0 Å². The van der Waals surface area contributed by atoms with Gasteiger partial charge < -0.3 is 4.57 Å². The standard InChI is InChI=1S/C30H20N2O2/c33-29-24-11-4-5-12-25(24)30(34)27-16-22(14-15-26(27)29)31-17-21-19-32(18-20-8-2-1-3-9-20)28-13-7-6-10-23(21)28/h1-17,19H,18H2. The number of hydrogen-bond acceptors (Lipinski definition) is 3. The van der Waals surface area contributed by atoms with E-state index in [0.717, 1.165) is 23.0 Å². The van der Waals surface area contributed by atoms with E-state index in [1.165, 1.54) is 5.56 Å². The average molecular weight is 441 g/mol. The van der Waals surface area contributed by atoms with E-state index in [1.807, 2.05) is 36.5 Å². The zero-order valence-electron chi connectivity index (χ0n) is 18.3. The summed E-state index contributed by atoms with van der Waals surface area (Å²) in [5.74, 6) is -0.258. The minimum absolute atomic E-state index is 0.121. The zero-order chi connectivity index (χ0) is 23.1. The normalized spacial score (nSPS) is 12.8. The topological polar surface area (TPSA) is 51.4 Å². The molecule has 0 fully saturated rings. The number of aromatic nitrogens is 1. The molecule has 34 heavy (non-hydrogen) atoms. The molecule has 4 aromatic carbocycles. The molecule has 4 heteroatoms. The van der Waals surface area contributed by atoms with Gasteiger partial charge in [0, 0.05) is 57.7 Å². The molecule has 0 bridgehead atoms. The van der Waals surface area contributed by atoms with Gasteiger partial charge in [0.15, 0.2) is 11.6 Å². The van der Waals surface area contributed by atoms with Crippen LogP contribution in [0.1, 0.15) is 43.0 Å². The summed E-state index contributed by atoms with van der Waals surface area (Å²) in [7, 11) is 0. The minimum Gasteiger partial charge on any atom is -0.342 e. The number of carbonyl (C=O) groups is 2. The third kappa shape index (κ3) is 3.37. The van der Waals surface area contributed by atoms with E-state index in [-0.39, 0.29) is 11.6 Å². The maximum atomic E-state index is 13.0. The van der Waals surface area contributed by atoms with Gasteiger partial charge in [-0.05, 0) is 29.8 Å². The Labute approximate surface area is 196 Å². The summed E-state index contributed by atoms with van der Waals surface area (Å²) in [4.78, 5) is 30.5. The number of para-hydroxylation sites is 1. The predicted octanol–water partition coefficient (Wildman–Crippen LogP) is 6.22. The van der Waals surface area contributed by atoms with Crippen molar-refractivity contribution in [3.05, 3.63) is 137 Å². The van der Waals surface area contributed by atoms with Crippen LogP contribution >= 0.6 is 0 Å². The number of aliphatic imine (C=N–C) groups is 1. The van der Waals surface area contributed by atoms with Gasteiger partial charge in [-0.1, -0.05) is 72.8 Å². The van der Waals surface area contributed by atoms with Crippen LogP contribution in [0.2, 0.25) is 0 Å². The van der Waals surface area contributed by atoms with E-state index in [1.54, 1.807) is 42.5 Å². The lowest BCUT2D eigenvalue weighted by Gasteiger charge is -2.17. The Morgan fingerprint density at radius 1 is 0.676 bits per heavy atom. The lowest BCUT2D eigenvalue weighted by molar-refractivity contribution is 0.0979. The Hall–Kier alpha value is -4.57. The fourth-order valence-electron chi connectivity index (χ4n) is 4.60. The van der Waals surface area contributed by atoms with Crippen LogP contribution in [-0.4, -0.2) is 22.3 Å². The van der Waals surface area contributed by atoms with Crippen LogP contribution in [0, 0.1) is 0 Å². The number of carbonyl (C=O) groups excluding carboxylic acids is 2. The SMILES string of the molecule is O=C1c2ccccc2C(=O)c2cc(N=Cc3cn(Cc4ccccc4)c4ccccc34)ccc21. The summed E-state index contributed by atoms with van der Waals surface area (Å²) >= 11 is 0. The Balaban J connectivity index is 1.36. The van der Waals surface area contributed by atoms with Gasteiger partial charge in [0.1, 0.15) is 0 Å². The molecule has 0 radical (unpaired) electrons. The Morgan fingerprint density at radius 2 is 1.32 bits per heavy atom. The van der Waals surface area contributed by atoms with Crippen molar-refractivity contribution in [2.75, 3.05) is 0 Å². The molecule has 1 heterocycles. The fourth-order valence-corrected chi connectivity index (χ4v) is 4.60. The molecule has 0 atom stereocenters. The molecule has 1 aliphatic rings. The molecule has 0 N–H and O–H groups in total. The van der Waals surface area contributed by atoms with Gasteiger partial charge in [-0.25, -0.2) is 0 Å². The molecular formula is C30H20N2O2.